The highest BCUT2D eigenvalue weighted by atomic mass is 16.6. The number of allylic oxidation sites excluding steroid dienone is 2. The van der Waals surface area contributed by atoms with Gasteiger partial charge in [0, 0.05) is 62.6 Å². The van der Waals surface area contributed by atoms with E-state index in [9.17, 15) is 24.6 Å². The minimum absolute atomic E-state index is 0.0413. The molecule has 52 heavy (non-hydrogen) atoms. The van der Waals surface area contributed by atoms with E-state index in [0.29, 0.717) is 45.4 Å². The number of hydrogen-bond donors (Lipinski definition) is 2. The molecule has 1 saturated carbocycles. The zero-order chi connectivity index (χ0) is 37.3. The van der Waals surface area contributed by atoms with Gasteiger partial charge in [0.1, 0.15) is 11.7 Å². The molecule has 4 aliphatic heterocycles. The molecule has 0 unspecified atom stereocenters. The van der Waals surface area contributed by atoms with Gasteiger partial charge in [-0.05, 0) is 57.6 Å². The Morgan fingerprint density at radius 2 is 1.71 bits per heavy atom. The van der Waals surface area contributed by atoms with Crippen molar-refractivity contribution in [1.82, 2.24) is 14.7 Å². The lowest BCUT2D eigenvalue weighted by Gasteiger charge is -2.40. The zero-order valence-corrected chi connectivity index (χ0v) is 31.9. The van der Waals surface area contributed by atoms with Crippen LogP contribution in [0.1, 0.15) is 91.9 Å². The highest BCUT2D eigenvalue weighted by molar-refractivity contribution is 5.70. The van der Waals surface area contributed by atoms with Gasteiger partial charge in [0.15, 0.2) is 6.10 Å². The van der Waals surface area contributed by atoms with Crippen LogP contribution >= 0.6 is 0 Å². The number of amides is 2. The molecule has 1 aliphatic carbocycles. The molecule has 2 amide bonds. The van der Waals surface area contributed by atoms with Gasteiger partial charge in [0.25, 0.3) is 0 Å². The van der Waals surface area contributed by atoms with E-state index in [1.807, 2.05) is 45.1 Å². The summed E-state index contributed by atoms with van der Waals surface area (Å²) in [6, 6.07) is 0.586. The van der Waals surface area contributed by atoms with E-state index in [-0.39, 0.29) is 49.2 Å². The van der Waals surface area contributed by atoms with Gasteiger partial charge in [0.05, 0.1) is 32.3 Å². The maximum absolute atomic E-state index is 13.5. The Morgan fingerprint density at radius 1 is 1.00 bits per heavy atom. The lowest BCUT2D eigenvalue weighted by atomic mass is 9.85. The maximum Gasteiger partial charge on any atom is 0.410 e. The first kappa shape index (κ1) is 40.3. The van der Waals surface area contributed by atoms with Crippen LogP contribution < -0.4 is 0 Å². The van der Waals surface area contributed by atoms with Crippen LogP contribution in [0, 0.1) is 17.3 Å². The lowest BCUT2D eigenvalue weighted by Crippen LogP contribution is -2.53. The third kappa shape index (κ3) is 11.1. The number of cyclic esters (lactones) is 1. The molecule has 5 rings (SSSR count). The van der Waals surface area contributed by atoms with Crippen LogP contribution in [0.4, 0.5) is 9.59 Å². The molecule has 12 heteroatoms. The molecular formula is C40H63N3O9. The fourth-order valence-electron chi connectivity index (χ4n) is 8.09. The van der Waals surface area contributed by atoms with E-state index in [2.05, 4.69) is 4.90 Å². The van der Waals surface area contributed by atoms with Gasteiger partial charge >= 0.3 is 18.2 Å². The first-order valence-electron chi connectivity index (χ1n) is 19.7. The molecule has 0 bridgehead atoms. The topological polar surface area (TPSA) is 138 Å². The largest absolute Gasteiger partial charge is 0.457 e. The summed E-state index contributed by atoms with van der Waals surface area (Å²) in [7, 11) is 0. The van der Waals surface area contributed by atoms with Crippen molar-refractivity contribution >= 4 is 18.2 Å². The number of carbonyl (C=O) groups excluding carboxylic acids is 3. The van der Waals surface area contributed by atoms with Crippen molar-refractivity contribution in [3.05, 3.63) is 36.0 Å². The first-order valence-corrected chi connectivity index (χ1v) is 19.7. The smallest absolute Gasteiger partial charge is 0.410 e. The Morgan fingerprint density at radius 3 is 2.37 bits per heavy atom. The van der Waals surface area contributed by atoms with Crippen LogP contribution in [0.15, 0.2) is 36.0 Å². The van der Waals surface area contributed by atoms with E-state index >= 15 is 0 Å². The van der Waals surface area contributed by atoms with Crippen molar-refractivity contribution in [3.8, 4) is 0 Å². The number of likely N-dealkylation sites (tertiary alicyclic amines) is 1. The summed E-state index contributed by atoms with van der Waals surface area (Å²) in [5.74, 6) is -0.910. The molecule has 12 nitrogen and oxygen atoms in total. The predicted molar refractivity (Wildman–Crippen MR) is 196 cm³/mol. The van der Waals surface area contributed by atoms with Crippen LogP contribution in [-0.4, -0.2) is 132 Å². The predicted octanol–water partition coefficient (Wildman–Crippen LogP) is 5.23. The van der Waals surface area contributed by atoms with Crippen LogP contribution in [0.25, 0.3) is 0 Å². The molecule has 0 aromatic carbocycles. The van der Waals surface area contributed by atoms with Crippen molar-refractivity contribution < 1.29 is 43.5 Å². The molecule has 3 saturated heterocycles. The molecule has 2 N–H and O–H groups in total. The number of nitrogens with zero attached hydrogens (tertiary/aromatic N) is 3. The van der Waals surface area contributed by atoms with Crippen LogP contribution in [0.3, 0.4) is 0 Å². The van der Waals surface area contributed by atoms with Crippen molar-refractivity contribution in [2.75, 3.05) is 59.1 Å². The summed E-state index contributed by atoms with van der Waals surface area (Å²) >= 11 is 0. The number of hydrogen-bond acceptors (Lipinski definition) is 10. The molecule has 5 aliphatic rings. The van der Waals surface area contributed by atoms with Gasteiger partial charge in [-0.3, -0.25) is 9.69 Å². The maximum atomic E-state index is 13.5. The Balaban J connectivity index is 1.18. The summed E-state index contributed by atoms with van der Waals surface area (Å²) in [4.78, 5) is 45.0. The summed E-state index contributed by atoms with van der Waals surface area (Å²) in [5, 5.41) is 22.2. The van der Waals surface area contributed by atoms with E-state index in [1.165, 1.54) is 38.5 Å². The molecule has 4 fully saturated rings. The number of ether oxygens (including phenoxy) is 4. The molecule has 0 aromatic heterocycles. The van der Waals surface area contributed by atoms with Crippen LogP contribution in [0.5, 0.6) is 0 Å². The molecule has 0 radical (unpaired) electrons. The van der Waals surface area contributed by atoms with Gasteiger partial charge in [-0.25, -0.2) is 9.59 Å². The Hall–Kier alpha value is -2.93. The number of aliphatic hydroxyl groups excluding tert-OH is 1. The second-order valence-electron chi connectivity index (χ2n) is 16.4. The molecule has 6 atom stereocenters. The van der Waals surface area contributed by atoms with Crippen molar-refractivity contribution in [2.45, 2.75) is 122 Å². The summed E-state index contributed by atoms with van der Waals surface area (Å²) in [6.07, 6.45) is 14.4. The molecule has 1 spiro atoms. The minimum Gasteiger partial charge on any atom is -0.457 e. The number of rotatable bonds is 7. The number of aliphatic hydroxyl groups is 2. The molecule has 4 heterocycles. The van der Waals surface area contributed by atoms with E-state index < -0.39 is 36.0 Å². The highest BCUT2D eigenvalue weighted by Gasteiger charge is 2.46. The Bertz CT molecular complexity index is 1290. The second-order valence-corrected chi connectivity index (χ2v) is 16.4. The molecule has 0 aromatic rings. The van der Waals surface area contributed by atoms with E-state index in [0.717, 1.165) is 25.1 Å². The van der Waals surface area contributed by atoms with Gasteiger partial charge in [0.2, 0.25) is 0 Å². The summed E-state index contributed by atoms with van der Waals surface area (Å²) in [6.45, 7) is 13.2. The average molecular weight is 730 g/mol. The SMILES string of the molecule is C/C(=C\C=C\[C@@H](C)COC(=O)N1CCC2(COC2)C1)[C@H]1OC(=O)C[C@@H](O)CC[C@](C)(O)[C@@H](OC(=O)N2CCN(C3CCCCCC3)CC2)/C=C/[C@@H]1C. The monoisotopic (exact) mass is 729 g/mol. The van der Waals surface area contributed by atoms with Gasteiger partial charge < -0.3 is 39.0 Å². The number of carbonyl (C=O) groups is 3. The van der Waals surface area contributed by atoms with Gasteiger partial charge in [-0.2, -0.15) is 0 Å². The normalized spacial score (nSPS) is 32.7. The van der Waals surface area contributed by atoms with E-state index in [4.69, 9.17) is 18.9 Å². The summed E-state index contributed by atoms with van der Waals surface area (Å²) in [5.41, 5.74) is -0.585. The second kappa shape index (κ2) is 18.4. The van der Waals surface area contributed by atoms with E-state index in [1.54, 1.807) is 22.8 Å². The quantitative estimate of drug-likeness (QED) is 0.118. The zero-order valence-electron chi connectivity index (χ0n) is 31.9. The standard InChI is InChI=1S/C40H63N3O9/c1-29(25-50-37(46)43-19-18-40(26-43)27-49-28-40)10-9-11-30(2)36-31(3)14-15-34(39(4,48)17-16-33(44)24-35(45)52-36)51-38(47)42-22-20-41(21-23-42)32-12-7-5-6-8-13-32/h9-11,14-15,29,31-34,36,44,48H,5-8,12-13,16-28H2,1-4H3/b10-9+,15-14+,30-11+/t29-,31+,33+,34+,36-,39+/m1/s1. The third-order valence-corrected chi connectivity index (χ3v) is 11.7. The van der Waals surface area contributed by atoms with Crippen molar-refractivity contribution in [3.63, 3.8) is 0 Å². The van der Waals surface area contributed by atoms with Gasteiger partial charge in [-0.1, -0.05) is 63.8 Å². The summed E-state index contributed by atoms with van der Waals surface area (Å²) < 4.78 is 22.8. The van der Waals surface area contributed by atoms with Crippen molar-refractivity contribution in [1.29, 1.82) is 0 Å². The average Bonchev–Trinajstić information content (AvgIpc) is 3.41. The molecular weight excluding hydrogens is 666 g/mol. The highest BCUT2D eigenvalue weighted by Crippen LogP contribution is 2.37. The fraction of sp³-hybridized carbons (Fsp3) is 0.775. The molecule has 292 valence electrons. The van der Waals surface area contributed by atoms with Crippen molar-refractivity contribution in [2.24, 2.45) is 17.3 Å². The number of esters is 1. The lowest BCUT2D eigenvalue weighted by molar-refractivity contribution is -0.151. The van der Waals surface area contributed by atoms with Crippen LogP contribution in [0.2, 0.25) is 0 Å². The minimum atomic E-state index is -1.47. The van der Waals surface area contributed by atoms with Crippen LogP contribution in [-0.2, 0) is 23.7 Å². The Labute approximate surface area is 310 Å². The Kier molecular flexibility index (Phi) is 14.2. The fourth-order valence-corrected chi connectivity index (χ4v) is 8.09. The third-order valence-electron chi connectivity index (χ3n) is 11.7. The number of piperazine rings is 1. The van der Waals surface area contributed by atoms with Gasteiger partial charge in [-0.15, -0.1) is 0 Å². The first-order chi connectivity index (χ1) is 24.8.